The van der Waals surface area contributed by atoms with Crippen LogP contribution in [-0.2, 0) is 14.6 Å². The third-order valence-corrected chi connectivity index (χ3v) is 4.78. The molecule has 0 fully saturated rings. The predicted molar refractivity (Wildman–Crippen MR) is 80.6 cm³/mol. The monoisotopic (exact) mass is 362 g/mol. The number of para-hydroxylation sites is 1. The molecular weight excluding hydrogens is 348 g/mol. The van der Waals surface area contributed by atoms with E-state index in [0.29, 0.717) is 15.8 Å². The molecule has 0 atom stereocenters. The number of carbonyl (C=O) groups is 1. The topological polar surface area (TPSA) is 80.7 Å². The molecule has 1 aromatic carbocycles. The van der Waals surface area contributed by atoms with Gasteiger partial charge in [0.05, 0.1) is 10.2 Å². The van der Waals surface area contributed by atoms with Gasteiger partial charge in [-0.05, 0) is 28.1 Å². The average Bonchev–Trinajstić information content (AvgIpc) is 2.38. The summed E-state index contributed by atoms with van der Waals surface area (Å²) < 4.78 is 28.9. The van der Waals surface area contributed by atoms with Gasteiger partial charge in [0.2, 0.25) is 0 Å². The molecule has 0 bridgehead atoms. The van der Waals surface area contributed by atoms with Crippen molar-refractivity contribution in [1.29, 1.82) is 0 Å². The zero-order valence-corrected chi connectivity index (χ0v) is 13.3. The average molecular weight is 363 g/mol. The lowest BCUT2D eigenvalue weighted by molar-refractivity contribution is -0.131. The van der Waals surface area contributed by atoms with Crippen LogP contribution in [-0.4, -0.2) is 37.6 Å². The largest absolute Gasteiger partial charge is 0.491 e. The molecule has 0 amide bonds. The maximum Gasteiger partial charge on any atom is 0.328 e. The number of halogens is 1. The SMILES string of the molecule is CCS(=O)(=O)CCOc1c(Br)cccc1C=CC(=O)O. The molecule has 110 valence electrons. The normalized spacial score (nSPS) is 11.7. The zero-order chi connectivity index (χ0) is 15.2. The number of sulfone groups is 1. The summed E-state index contributed by atoms with van der Waals surface area (Å²) in [5.74, 6) is -0.647. The Morgan fingerprint density at radius 2 is 2.15 bits per heavy atom. The van der Waals surface area contributed by atoms with Gasteiger partial charge in [-0.1, -0.05) is 19.1 Å². The molecule has 0 saturated heterocycles. The van der Waals surface area contributed by atoms with E-state index in [1.165, 1.54) is 6.08 Å². The molecular formula is C13H15BrO5S. The fourth-order valence-electron chi connectivity index (χ4n) is 1.39. The van der Waals surface area contributed by atoms with Crippen molar-refractivity contribution in [2.75, 3.05) is 18.1 Å². The minimum atomic E-state index is -3.09. The van der Waals surface area contributed by atoms with Crippen LogP contribution in [0.3, 0.4) is 0 Å². The molecule has 0 radical (unpaired) electrons. The summed E-state index contributed by atoms with van der Waals surface area (Å²) in [6.45, 7) is 1.60. The summed E-state index contributed by atoms with van der Waals surface area (Å²) in [4.78, 5) is 10.5. The van der Waals surface area contributed by atoms with Gasteiger partial charge < -0.3 is 9.84 Å². The van der Waals surface area contributed by atoms with Crippen molar-refractivity contribution in [3.63, 3.8) is 0 Å². The number of rotatable bonds is 7. The zero-order valence-electron chi connectivity index (χ0n) is 10.9. The molecule has 1 N–H and O–H groups in total. The van der Waals surface area contributed by atoms with Crippen molar-refractivity contribution in [3.8, 4) is 5.75 Å². The van der Waals surface area contributed by atoms with Gasteiger partial charge in [-0.3, -0.25) is 0 Å². The highest BCUT2D eigenvalue weighted by atomic mass is 79.9. The van der Waals surface area contributed by atoms with Crippen LogP contribution in [0.1, 0.15) is 12.5 Å². The highest BCUT2D eigenvalue weighted by Crippen LogP contribution is 2.30. The first-order valence-electron chi connectivity index (χ1n) is 5.88. The first-order valence-corrected chi connectivity index (χ1v) is 8.50. The summed E-state index contributed by atoms with van der Waals surface area (Å²) in [6, 6.07) is 5.16. The van der Waals surface area contributed by atoms with Crippen LogP contribution in [0.2, 0.25) is 0 Å². The van der Waals surface area contributed by atoms with Crippen molar-refractivity contribution in [2.45, 2.75) is 6.92 Å². The number of hydrogen-bond acceptors (Lipinski definition) is 4. The summed E-state index contributed by atoms with van der Waals surface area (Å²) in [7, 11) is -3.09. The second-order valence-corrected chi connectivity index (χ2v) is 7.24. The van der Waals surface area contributed by atoms with Gasteiger partial charge in [-0.15, -0.1) is 0 Å². The minimum Gasteiger partial charge on any atom is -0.491 e. The molecule has 5 nitrogen and oxygen atoms in total. The Morgan fingerprint density at radius 1 is 1.45 bits per heavy atom. The summed E-state index contributed by atoms with van der Waals surface area (Å²) >= 11 is 3.30. The fraction of sp³-hybridized carbons (Fsp3) is 0.308. The van der Waals surface area contributed by atoms with Crippen molar-refractivity contribution in [2.24, 2.45) is 0 Å². The van der Waals surface area contributed by atoms with E-state index in [1.54, 1.807) is 25.1 Å². The summed E-state index contributed by atoms with van der Waals surface area (Å²) in [6.07, 6.45) is 2.40. The Bertz CT molecular complexity index is 607. The maximum absolute atomic E-state index is 11.4. The van der Waals surface area contributed by atoms with Crippen molar-refractivity contribution >= 4 is 37.8 Å². The van der Waals surface area contributed by atoms with E-state index < -0.39 is 15.8 Å². The smallest absolute Gasteiger partial charge is 0.328 e. The molecule has 7 heteroatoms. The van der Waals surface area contributed by atoms with E-state index in [2.05, 4.69) is 15.9 Å². The Morgan fingerprint density at radius 3 is 2.75 bits per heavy atom. The molecule has 0 aromatic heterocycles. The standard InChI is InChI=1S/C13H15BrO5S/c1-2-20(17,18)9-8-19-13-10(6-7-12(15)16)4-3-5-11(13)14/h3-7H,2,8-9H2,1H3,(H,15,16). The molecule has 0 spiro atoms. The van der Waals surface area contributed by atoms with Crippen molar-refractivity contribution < 1.29 is 23.1 Å². The van der Waals surface area contributed by atoms with Gasteiger partial charge in [0.15, 0.2) is 9.84 Å². The molecule has 0 aliphatic heterocycles. The lowest BCUT2D eigenvalue weighted by Crippen LogP contribution is -2.16. The fourth-order valence-corrected chi connectivity index (χ4v) is 2.51. The van der Waals surface area contributed by atoms with E-state index in [4.69, 9.17) is 9.84 Å². The molecule has 0 heterocycles. The van der Waals surface area contributed by atoms with Crippen LogP contribution in [0.25, 0.3) is 6.08 Å². The van der Waals surface area contributed by atoms with E-state index in [-0.39, 0.29) is 18.1 Å². The molecule has 1 aromatic rings. The third-order valence-electron chi connectivity index (χ3n) is 2.48. The highest BCUT2D eigenvalue weighted by Gasteiger charge is 2.10. The Labute approximate surface area is 126 Å². The molecule has 0 saturated carbocycles. The molecule has 0 aliphatic rings. The number of carboxylic acid groups (broad SMARTS) is 1. The second-order valence-electron chi connectivity index (χ2n) is 3.91. The van der Waals surface area contributed by atoms with Crippen LogP contribution in [0.4, 0.5) is 0 Å². The van der Waals surface area contributed by atoms with Gasteiger partial charge in [0.25, 0.3) is 0 Å². The van der Waals surface area contributed by atoms with E-state index in [0.717, 1.165) is 6.08 Å². The third kappa shape index (κ3) is 5.34. The molecule has 1 rings (SSSR count). The first kappa shape index (κ1) is 16.7. The summed E-state index contributed by atoms with van der Waals surface area (Å²) in [5, 5.41) is 8.63. The Balaban J connectivity index is 2.86. The first-order chi connectivity index (χ1) is 9.35. The van der Waals surface area contributed by atoms with E-state index >= 15 is 0 Å². The maximum atomic E-state index is 11.4. The van der Waals surface area contributed by atoms with E-state index in [1.807, 2.05) is 0 Å². The van der Waals surface area contributed by atoms with Gasteiger partial charge in [-0.2, -0.15) is 0 Å². The second kappa shape index (κ2) is 7.44. The van der Waals surface area contributed by atoms with Gasteiger partial charge >= 0.3 is 5.97 Å². The number of carboxylic acids is 1. The van der Waals surface area contributed by atoms with Crippen LogP contribution >= 0.6 is 15.9 Å². The van der Waals surface area contributed by atoms with E-state index in [9.17, 15) is 13.2 Å². The molecule has 20 heavy (non-hydrogen) atoms. The van der Waals surface area contributed by atoms with Gasteiger partial charge in [-0.25, -0.2) is 13.2 Å². The quantitative estimate of drug-likeness (QED) is 0.753. The lowest BCUT2D eigenvalue weighted by Gasteiger charge is -2.11. The Kier molecular flexibility index (Phi) is 6.22. The van der Waals surface area contributed by atoms with Crippen LogP contribution < -0.4 is 4.74 Å². The Hall–Kier alpha value is -1.34. The lowest BCUT2D eigenvalue weighted by atomic mass is 10.2. The van der Waals surface area contributed by atoms with Crippen molar-refractivity contribution in [1.82, 2.24) is 0 Å². The molecule has 0 unspecified atom stereocenters. The number of ether oxygens (including phenoxy) is 1. The number of benzene rings is 1. The predicted octanol–water partition coefficient (Wildman–Crippen LogP) is 2.36. The highest BCUT2D eigenvalue weighted by molar-refractivity contribution is 9.10. The number of aliphatic carboxylic acids is 1. The minimum absolute atomic E-state index is 0.0205. The van der Waals surface area contributed by atoms with Crippen molar-refractivity contribution in [3.05, 3.63) is 34.3 Å². The van der Waals surface area contributed by atoms with Gasteiger partial charge in [0, 0.05) is 17.4 Å². The summed E-state index contributed by atoms with van der Waals surface area (Å²) in [5.41, 5.74) is 0.565. The van der Waals surface area contributed by atoms with Crippen LogP contribution in [0.5, 0.6) is 5.75 Å². The van der Waals surface area contributed by atoms with Crippen LogP contribution in [0, 0.1) is 0 Å². The molecule has 0 aliphatic carbocycles. The van der Waals surface area contributed by atoms with Crippen LogP contribution in [0.15, 0.2) is 28.7 Å². The number of hydrogen-bond donors (Lipinski definition) is 1. The van der Waals surface area contributed by atoms with Gasteiger partial charge in [0.1, 0.15) is 12.4 Å².